The Balaban J connectivity index is 0.00000294. The number of methoxy groups -OCH3 is 2. The number of halogens is 4. The predicted molar refractivity (Wildman–Crippen MR) is 131 cm³/mol. The molecule has 0 aliphatic carbocycles. The maximum absolute atomic E-state index is 13.1. The Morgan fingerprint density at radius 1 is 0.895 bits per heavy atom. The molecule has 6 rings (SSSR count). The summed E-state index contributed by atoms with van der Waals surface area (Å²) in [4.78, 5) is 0. The van der Waals surface area contributed by atoms with Crippen molar-refractivity contribution in [2.75, 3.05) is 21.0 Å². The lowest BCUT2D eigenvalue weighted by atomic mass is 9.88. The molecule has 0 saturated heterocycles. The lowest BCUT2D eigenvalue weighted by Crippen LogP contribution is -3.00. The van der Waals surface area contributed by atoms with Gasteiger partial charge in [-0.05, 0) is 60.4 Å². The molecule has 0 atom stereocenters. The molecule has 0 bridgehead atoms. The van der Waals surface area contributed by atoms with Crippen LogP contribution in [0.2, 0.25) is 0 Å². The number of fused-ring (bicyclic) bond motifs is 5. The Bertz CT molecular complexity index is 1520. The van der Waals surface area contributed by atoms with E-state index in [9.17, 15) is 13.2 Å². The van der Waals surface area contributed by atoms with Crippen LogP contribution in [0.4, 0.5) is 13.2 Å². The third-order valence-corrected chi connectivity index (χ3v) is 7.19. The summed E-state index contributed by atoms with van der Waals surface area (Å²) >= 11 is 0. The fourth-order valence-electron chi connectivity index (χ4n) is 5.39. The minimum absolute atomic E-state index is 0. The molecule has 1 aromatic heterocycles. The van der Waals surface area contributed by atoms with Gasteiger partial charge in [0, 0.05) is 17.4 Å². The highest BCUT2D eigenvalue weighted by Crippen LogP contribution is 2.44. The van der Waals surface area contributed by atoms with Gasteiger partial charge >= 0.3 is 6.18 Å². The highest BCUT2D eigenvalue weighted by molar-refractivity contribution is 5.95. The molecule has 0 spiro atoms. The van der Waals surface area contributed by atoms with Crippen molar-refractivity contribution >= 4 is 10.8 Å². The second kappa shape index (κ2) is 10.2. The van der Waals surface area contributed by atoms with E-state index in [4.69, 9.17) is 18.9 Å². The van der Waals surface area contributed by atoms with Gasteiger partial charge < -0.3 is 42.9 Å². The smallest absolute Gasteiger partial charge is 0.416 e. The largest absolute Gasteiger partial charge is 1.00 e. The van der Waals surface area contributed by atoms with Crippen molar-refractivity contribution in [1.29, 1.82) is 0 Å². The number of alkyl halides is 3. The van der Waals surface area contributed by atoms with E-state index in [2.05, 4.69) is 16.8 Å². The Hall–Kier alpha value is -3.21. The summed E-state index contributed by atoms with van der Waals surface area (Å²) in [5, 5.41) is 1.94. The van der Waals surface area contributed by atoms with Crippen molar-refractivity contribution in [2.45, 2.75) is 32.0 Å². The summed E-state index contributed by atoms with van der Waals surface area (Å²) in [5.74, 6) is 2.77. The monoisotopic (exact) mass is 635 g/mol. The zero-order valence-corrected chi connectivity index (χ0v) is 23.0. The van der Waals surface area contributed by atoms with E-state index < -0.39 is 11.7 Å². The van der Waals surface area contributed by atoms with Crippen molar-refractivity contribution < 1.29 is 60.7 Å². The average molecular weight is 635 g/mol. The van der Waals surface area contributed by atoms with Crippen LogP contribution >= 0.6 is 0 Å². The van der Waals surface area contributed by atoms with Crippen molar-refractivity contribution in [3.8, 4) is 34.3 Å². The van der Waals surface area contributed by atoms with E-state index >= 15 is 0 Å². The molecule has 0 N–H and O–H groups in total. The molecule has 2 aliphatic heterocycles. The van der Waals surface area contributed by atoms with Gasteiger partial charge in [0.1, 0.15) is 0 Å². The third kappa shape index (κ3) is 4.50. The van der Waals surface area contributed by atoms with Gasteiger partial charge in [-0.3, -0.25) is 0 Å². The van der Waals surface area contributed by atoms with Gasteiger partial charge in [0.2, 0.25) is 12.5 Å². The fourth-order valence-corrected chi connectivity index (χ4v) is 5.39. The van der Waals surface area contributed by atoms with Gasteiger partial charge in [0.05, 0.1) is 30.7 Å². The van der Waals surface area contributed by atoms with Crippen LogP contribution in [0.3, 0.4) is 0 Å². The third-order valence-electron chi connectivity index (χ3n) is 7.19. The van der Waals surface area contributed by atoms with Crippen molar-refractivity contribution in [1.82, 2.24) is 0 Å². The summed E-state index contributed by atoms with van der Waals surface area (Å²) in [5.41, 5.74) is 4.63. The Labute approximate surface area is 235 Å². The maximum atomic E-state index is 13.1. The molecule has 2 aliphatic rings. The summed E-state index contributed by atoms with van der Waals surface area (Å²) in [6.45, 7) is 0.972. The zero-order chi connectivity index (χ0) is 25.7. The van der Waals surface area contributed by atoms with Gasteiger partial charge in [-0.25, -0.2) is 0 Å². The van der Waals surface area contributed by atoms with E-state index in [1.807, 2.05) is 18.2 Å². The zero-order valence-electron chi connectivity index (χ0n) is 20.8. The molecular weight excluding hydrogens is 610 g/mol. The summed E-state index contributed by atoms with van der Waals surface area (Å²) in [6.07, 6.45) is -0.212. The molecule has 3 heterocycles. The summed E-state index contributed by atoms with van der Waals surface area (Å²) in [6, 6.07) is 13.4. The van der Waals surface area contributed by atoms with Crippen LogP contribution in [-0.4, -0.2) is 21.0 Å². The number of aryl methyl sites for hydroxylation is 4. The van der Waals surface area contributed by atoms with Crippen molar-refractivity contribution in [2.24, 2.45) is 0 Å². The first-order chi connectivity index (χ1) is 17.9. The predicted octanol–water partition coefficient (Wildman–Crippen LogP) is 2.90. The first kappa shape index (κ1) is 26.4. The summed E-state index contributed by atoms with van der Waals surface area (Å²) in [7, 11) is 3.23. The van der Waals surface area contributed by atoms with Crippen LogP contribution in [0.5, 0.6) is 23.0 Å². The number of hydrogen-bond donors (Lipinski definition) is 0. The number of ether oxygens (including phenoxy) is 4. The number of hydrogen-bond acceptors (Lipinski definition) is 4. The molecule has 5 nitrogen and oxygen atoms in total. The van der Waals surface area contributed by atoms with Gasteiger partial charge in [-0.2, -0.15) is 17.7 Å². The van der Waals surface area contributed by atoms with Crippen LogP contribution in [0.25, 0.3) is 22.0 Å². The van der Waals surface area contributed by atoms with Gasteiger partial charge in [0.25, 0.3) is 0 Å². The second-order valence-electron chi connectivity index (χ2n) is 9.22. The second-order valence-corrected chi connectivity index (χ2v) is 9.22. The standard InChI is InChI=1S/C29H25F3NO4.HI/c1-34-24-10-9-20-21(8-5-17-3-6-19(7-4-17)29(30,31)32)27-22-14-26-25(36-16-37-26)13-18(22)11-12-33(27)15-23(20)28(24)35-2;/h3-4,6-7,9-10,13-15H,5,8,11-12,16H2,1-2H3;1H/q+1;/p-1. The number of aromatic nitrogens is 1. The van der Waals surface area contributed by atoms with Crippen LogP contribution in [0.15, 0.2) is 54.7 Å². The SMILES string of the molecule is COc1ccc2c(CCc3ccc(C(F)(F)F)cc3)c3[n+](cc2c1OC)CCc1cc2c(cc1-3)OCO2.[I-]. The van der Waals surface area contributed by atoms with Crippen LogP contribution < -0.4 is 47.5 Å². The molecular formula is C29H25F3INO4. The molecule has 3 aromatic carbocycles. The van der Waals surface area contributed by atoms with E-state index in [1.165, 1.54) is 5.56 Å². The fraction of sp³-hybridized carbons (Fsp3) is 0.276. The molecule has 38 heavy (non-hydrogen) atoms. The van der Waals surface area contributed by atoms with Crippen LogP contribution in [0, 0.1) is 0 Å². The summed E-state index contributed by atoms with van der Waals surface area (Å²) < 4.78 is 64.0. The van der Waals surface area contributed by atoms with Crippen molar-refractivity contribution in [3.63, 3.8) is 0 Å². The molecule has 0 saturated carbocycles. The molecule has 198 valence electrons. The Kier molecular flexibility index (Phi) is 7.06. The van der Waals surface area contributed by atoms with E-state index in [0.717, 1.165) is 64.0 Å². The minimum atomic E-state index is -4.35. The first-order valence-electron chi connectivity index (χ1n) is 12.1. The highest BCUT2D eigenvalue weighted by Gasteiger charge is 2.33. The van der Waals surface area contributed by atoms with Crippen LogP contribution in [-0.2, 0) is 32.0 Å². The number of nitrogens with zero attached hydrogens (tertiary/aromatic N) is 1. The van der Waals surface area contributed by atoms with Gasteiger partial charge in [0.15, 0.2) is 35.7 Å². The van der Waals surface area contributed by atoms with Gasteiger partial charge in [-0.15, -0.1) is 0 Å². The van der Waals surface area contributed by atoms with Gasteiger partial charge in [-0.1, -0.05) is 12.1 Å². The Morgan fingerprint density at radius 3 is 2.32 bits per heavy atom. The first-order valence-corrected chi connectivity index (χ1v) is 12.1. The number of benzene rings is 3. The minimum Gasteiger partial charge on any atom is -1.00 e. The molecule has 4 aromatic rings. The molecule has 0 unspecified atom stereocenters. The molecule has 9 heteroatoms. The van der Waals surface area contributed by atoms with E-state index in [-0.39, 0.29) is 30.8 Å². The lowest BCUT2D eigenvalue weighted by molar-refractivity contribution is -0.686. The number of rotatable bonds is 5. The topological polar surface area (TPSA) is 40.8 Å². The van der Waals surface area contributed by atoms with Crippen molar-refractivity contribution in [3.05, 3.63) is 77.0 Å². The van der Waals surface area contributed by atoms with E-state index in [1.54, 1.807) is 26.4 Å². The molecule has 0 amide bonds. The van der Waals surface area contributed by atoms with E-state index in [0.29, 0.717) is 30.1 Å². The quantitative estimate of drug-likeness (QED) is 0.250. The normalized spacial score (nSPS) is 13.5. The molecule has 0 radical (unpaired) electrons. The number of pyridine rings is 1. The maximum Gasteiger partial charge on any atom is 0.416 e. The highest BCUT2D eigenvalue weighted by atomic mass is 127. The Morgan fingerprint density at radius 2 is 1.63 bits per heavy atom. The lowest BCUT2D eigenvalue weighted by Gasteiger charge is -2.21. The van der Waals surface area contributed by atoms with Crippen LogP contribution in [0.1, 0.15) is 22.3 Å². The average Bonchev–Trinajstić information content (AvgIpc) is 3.36. The molecule has 0 fully saturated rings.